The van der Waals surface area contributed by atoms with Crippen LogP contribution >= 0.6 is 0 Å². The normalized spacial score (nSPS) is 0.800. The van der Waals surface area contributed by atoms with Gasteiger partial charge in [0.05, 0.1) is 0 Å². The fraction of sp³-hybridized carbons (Fsp3) is 0. The molecule has 5 heavy (non-hydrogen) atoms. The molecule has 0 fully saturated rings. The van der Waals surface area contributed by atoms with E-state index in [0.29, 0.717) is 0 Å². The third kappa shape index (κ3) is 817. The summed E-state index contributed by atoms with van der Waals surface area (Å²) in [5.41, 5.74) is 0. The van der Waals surface area contributed by atoms with Gasteiger partial charge in [-0.25, -0.2) is 0 Å². The Morgan fingerprint density at radius 3 is 0.800 bits per heavy atom. The maximum atomic E-state index is 3.00. The van der Waals surface area contributed by atoms with Gasteiger partial charge in [0.15, 0.2) is 0 Å². The van der Waals surface area contributed by atoms with Crippen LogP contribution in [0.4, 0.5) is 0 Å². The molecule has 0 rings (SSSR count). The van der Waals surface area contributed by atoms with Crippen molar-refractivity contribution in [3.05, 3.63) is 13.2 Å². The third-order valence-electron chi connectivity index (χ3n) is 0. The van der Waals surface area contributed by atoms with Gasteiger partial charge in [0, 0.05) is 0 Å². The standard InChI is InChI=1S/C2H4.2H3N.Ni/c1-2;;;/h1-2H2;2*1H3;/q;;;+2. The molecule has 0 aliphatic heterocycles. The van der Waals surface area contributed by atoms with E-state index in [4.69, 9.17) is 0 Å². The summed E-state index contributed by atoms with van der Waals surface area (Å²) >= 11 is 0. The SMILES string of the molecule is C=C.N.N.[Ni+2]. The van der Waals surface area contributed by atoms with Gasteiger partial charge in [-0.05, 0) is 0 Å². The molecule has 0 aromatic heterocycles. The van der Waals surface area contributed by atoms with Gasteiger partial charge < -0.3 is 12.3 Å². The zero-order chi connectivity index (χ0) is 2.00. The van der Waals surface area contributed by atoms with E-state index in [1.54, 1.807) is 0 Å². The Morgan fingerprint density at radius 1 is 0.800 bits per heavy atom. The number of hydrogen-bond acceptors (Lipinski definition) is 2. The summed E-state index contributed by atoms with van der Waals surface area (Å²) in [6, 6.07) is 0. The van der Waals surface area contributed by atoms with E-state index in [0.717, 1.165) is 0 Å². The molecule has 2 nitrogen and oxygen atoms in total. The Labute approximate surface area is 42.7 Å². The Hall–Kier alpha value is 0.154. The average molecular weight is 121 g/mol. The molecule has 0 amide bonds. The van der Waals surface area contributed by atoms with Crippen molar-refractivity contribution in [2.24, 2.45) is 0 Å². The molecule has 0 aliphatic carbocycles. The van der Waals surface area contributed by atoms with Crippen LogP contribution in [0.3, 0.4) is 0 Å². The molecule has 6 N–H and O–H groups in total. The van der Waals surface area contributed by atoms with Crippen molar-refractivity contribution in [2.45, 2.75) is 0 Å². The molecule has 0 heterocycles. The van der Waals surface area contributed by atoms with Crippen LogP contribution in [0.5, 0.6) is 0 Å². The van der Waals surface area contributed by atoms with Crippen molar-refractivity contribution in [3.8, 4) is 0 Å². The van der Waals surface area contributed by atoms with Crippen LogP contribution in [0.1, 0.15) is 0 Å². The predicted molar refractivity (Wildman–Crippen MR) is 21.3 cm³/mol. The third-order valence-corrected chi connectivity index (χ3v) is 0. The first-order valence-corrected chi connectivity index (χ1v) is 0.500. The van der Waals surface area contributed by atoms with E-state index in [9.17, 15) is 0 Å². The fourth-order valence-corrected chi connectivity index (χ4v) is 0. The summed E-state index contributed by atoms with van der Waals surface area (Å²) in [6.07, 6.45) is 0. The molecular weight excluding hydrogens is 111 g/mol. The maximum Gasteiger partial charge on any atom is 2.00 e. The molecule has 0 unspecified atom stereocenters. The fourth-order valence-electron chi connectivity index (χ4n) is 0. The van der Waals surface area contributed by atoms with Gasteiger partial charge in [-0.15, -0.1) is 13.2 Å². The largest absolute Gasteiger partial charge is 2.00 e. The summed E-state index contributed by atoms with van der Waals surface area (Å²) in [6.45, 7) is 6.00. The van der Waals surface area contributed by atoms with Crippen LogP contribution in [0, 0.1) is 0 Å². The molecule has 0 bridgehead atoms. The zero-order valence-corrected chi connectivity index (χ0v) is 4.13. The summed E-state index contributed by atoms with van der Waals surface area (Å²) in [7, 11) is 0. The molecule has 0 radical (unpaired) electrons. The second kappa shape index (κ2) is 1750. The summed E-state index contributed by atoms with van der Waals surface area (Å²) in [5.74, 6) is 0. The van der Waals surface area contributed by atoms with Gasteiger partial charge in [-0.1, -0.05) is 0 Å². The van der Waals surface area contributed by atoms with Crippen molar-refractivity contribution in [1.29, 1.82) is 0 Å². The van der Waals surface area contributed by atoms with Gasteiger partial charge in [-0.2, -0.15) is 0 Å². The van der Waals surface area contributed by atoms with Crippen LogP contribution in [-0.4, -0.2) is 0 Å². The molecule has 36 valence electrons. The molecule has 0 aliphatic rings. The first kappa shape index (κ1) is 66.8. The maximum absolute atomic E-state index is 3.00. The van der Waals surface area contributed by atoms with E-state index in [1.165, 1.54) is 0 Å². The Morgan fingerprint density at radius 2 is 0.800 bits per heavy atom. The molecule has 0 aromatic rings. The van der Waals surface area contributed by atoms with Gasteiger partial charge in [-0.3, -0.25) is 0 Å². The van der Waals surface area contributed by atoms with Crippen LogP contribution in [0.25, 0.3) is 0 Å². The smallest absolute Gasteiger partial charge is 0.344 e. The van der Waals surface area contributed by atoms with Crippen molar-refractivity contribution < 1.29 is 16.5 Å². The van der Waals surface area contributed by atoms with Crippen molar-refractivity contribution in [3.63, 3.8) is 0 Å². The molecule has 3 heteroatoms. The van der Waals surface area contributed by atoms with Gasteiger partial charge in [0.1, 0.15) is 0 Å². The van der Waals surface area contributed by atoms with Gasteiger partial charge >= 0.3 is 16.5 Å². The van der Waals surface area contributed by atoms with Crippen LogP contribution < -0.4 is 12.3 Å². The minimum absolute atomic E-state index is 0. The van der Waals surface area contributed by atoms with E-state index in [2.05, 4.69) is 13.2 Å². The second-order valence-electron chi connectivity index (χ2n) is 0. The topological polar surface area (TPSA) is 70.0 Å². The first-order chi connectivity index (χ1) is 1.00. The summed E-state index contributed by atoms with van der Waals surface area (Å²) in [5, 5.41) is 0. The quantitative estimate of drug-likeness (QED) is 0.372. The van der Waals surface area contributed by atoms with Crippen molar-refractivity contribution in [1.82, 2.24) is 12.3 Å². The zero-order valence-electron chi connectivity index (χ0n) is 3.14. The van der Waals surface area contributed by atoms with E-state index < -0.39 is 0 Å². The van der Waals surface area contributed by atoms with Crippen LogP contribution in [0.15, 0.2) is 13.2 Å². The molecular formula is C2H10N2Ni+2. The van der Waals surface area contributed by atoms with Crippen molar-refractivity contribution in [2.75, 3.05) is 0 Å². The van der Waals surface area contributed by atoms with E-state index in [1.807, 2.05) is 0 Å². The second-order valence-corrected chi connectivity index (χ2v) is 0. The molecule has 0 spiro atoms. The van der Waals surface area contributed by atoms with Crippen LogP contribution in [0.2, 0.25) is 0 Å². The van der Waals surface area contributed by atoms with E-state index >= 15 is 0 Å². The molecule has 0 saturated carbocycles. The Bertz CT molecular complexity index is 7.61. The molecule has 0 saturated heterocycles. The van der Waals surface area contributed by atoms with Crippen molar-refractivity contribution >= 4 is 0 Å². The Balaban J connectivity index is -0.00000000167. The molecule has 0 aromatic carbocycles. The summed E-state index contributed by atoms with van der Waals surface area (Å²) in [4.78, 5) is 0. The molecule has 0 atom stereocenters. The van der Waals surface area contributed by atoms with Gasteiger partial charge in [0.25, 0.3) is 0 Å². The average Bonchev–Trinajstić information content (AvgIpc) is 1.00. The van der Waals surface area contributed by atoms with E-state index in [-0.39, 0.29) is 28.8 Å². The predicted octanol–water partition coefficient (Wildman–Crippen LogP) is 1.12. The summed E-state index contributed by atoms with van der Waals surface area (Å²) < 4.78 is 0. The monoisotopic (exact) mass is 120 g/mol. The number of hydrogen-bond donors (Lipinski definition) is 2. The first-order valence-electron chi connectivity index (χ1n) is 0.500. The minimum Gasteiger partial charge on any atom is -0.344 e. The number of rotatable bonds is 0. The van der Waals surface area contributed by atoms with Gasteiger partial charge in [0.2, 0.25) is 0 Å². The van der Waals surface area contributed by atoms with Crippen LogP contribution in [-0.2, 0) is 16.5 Å². The minimum atomic E-state index is 0. The Kier molecular flexibility index (Phi) is 23400.